The molecule has 0 bridgehead atoms. The maximum absolute atomic E-state index is 5.48. The summed E-state index contributed by atoms with van der Waals surface area (Å²) in [6.45, 7) is 9.94. The van der Waals surface area contributed by atoms with Crippen molar-refractivity contribution >= 4 is 0 Å². The van der Waals surface area contributed by atoms with Crippen LogP contribution in [0.1, 0.15) is 64.2 Å². The molecular formula is C17H34N2O. The second-order valence-corrected chi connectivity index (χ2v) is 5.36. The first-order valence-electron chi connectivity index (χ1n) is 8.12. The number of nitrogens with two attached hydrogens (primary N) is 1. The molecule has 0 aliphatic carbocycles. The lowest BCUT2D eigenvalue weighted by molar-refractivity contribution is 0.132. The van der Waals surface area contributed by atoms with Gasteiger partial charge in [-0.2, -0.15) is 0 Å². The molecule has 0 amide bonds. The van der Waals surface area contributed by atoms with Crippen LogP contribution in [0, 0.1) is 0 Å². The van der Waals surface area contributed by atoms with Crippen molar-refractivity contribution in [3.8, 4) is 0 Å². The molecule has 0 rings (SSSR count). The number of hydrogen-bond donors (Lipinski definition) is 2. The zero-order valence-electron chi connectivity index (χ0n) is 13.2. The topological polar surface area (TPSA) is 47.3 Å². The standard InChI is InChI=1S/C17H34N2O/c1-3-19-14-11-9-7-5-4-6-8-10-12-15-20-16-13-17(2)18/h3,19H,1-2,4-16,18H2. The summed E-state index contributed by atoms with van der Waals surface area (Å²) in [5.41, 5.74) is 6.18. The van der Waals surface area contributed by atoms with Gasteiger partial charge in [-0.05, 0) is 19.0 Å². The number of ether oxygens (including phenoxy) is 1. The third-order valence-electron chi connectivity index (χ3n) is 3.32. The fourth-order valence-corrected chi connectivity index (χ4v) is 2.08. The van der Waals surface area contributed by atoms with Crippen LogP contribution in [-0.2, 0) is 4.74 Å². The molecular weight excluding hydrogens is 248 g/mol. The van der Waals surface area contributed by atoms with Crippen molar-refractivity contribution < 1.29 is 4.74 Å². The molecule has 118 valence electrons. The molecule has 0 fully saturated rings. The molecule has 0 aliphatic heterocycles. The van der Waals surface area contributed by atoms with E-state index in [0.29, 0.717) is 5.70 Å². The average Bonchev–Trinajstić information content (AvgIpc) is 2.43. The molecule has 0 heterocycles. The van der Waals surface area contributed by atoms with Gasteiger partial charge < -0.3 is 15.8 Å². The van der Waals surface area contributed by atoms with E-state index in [4.69, 9.17) is 10.5 Å². The Balaban J connectivity index is 2.95. The zero-order chi connectivity index (χ0) is 14.9. The van der Waals surface area contributed by atoms with Crippen LogP contribution in [0.25, 0.3) is 0 Å². The molecule has 0 radical (unpaired) electrons. The first-order chi connectivity index (χ1) is 9.77. The molecule has 0 spiro atoms. The van der Waals surface area contributed by atoms with Gasteiger partial charge in [-0.3, -0.25) is 0 Å². The van der Waals surface area contributed by atoms with E-state index >= 15 is 0 Å². The first kappa shape index (κ1) is 19.0. The SMILES string of the molecule is C=CNCCCCCCCCCCCOCCC(=C)N. The van der Waals surface area contributed by atoms with E-state index in [2.05, 4.69) is 18.5 Å². The maximum atomic E-state index is 5.48. The Kier molecular flexibility index (Phi) is 15.3. The third-order valence-corrected chi connectivity index (χ3v) is 3.32. The lowest BCUT2D eigenvalue weighted by atomic mass is 10.1. The lowest BCUT2D eigenvalue weighted by Crippen LogP contribution is -2.05. The van der Waals surface area contributed by atoms with Gasteiger partial charge in [-0.1, -0.05) is 58.1 Å². The molecule has 0 aromatic rings. The fraction of sp³-hybridized carbons (Fsp3) is 0.765. The highest BCUT2D eigenvalue weighted by atomic mass is 16.5. The third kappa shape index (κ3) is 17.0. The maximum Gasteiger partial charge on any atom is 0.0520 e. The Hall–Kier alpha value is -0.960. The van der Waals surface area contributed by atoms with Gasteiger partial charge in [0.05, 0.1) is 6.61 Å². The number of hydrogen-bond acceptors (Lipinski definition) is 3. The fourth-order valence-electron chi connectivity index (χ4n) is 2.08. The van der Waals surface area contributed by atoms with Crippen molar-refractivity contribution in [1.82, 2.24) is 5.32 Å². The monoisotopic (exact) mass is 282 g/mol. The summed E-state index contributed by atoms with van der Waals surface area (Å²) in [5, 5.41) is 3.13. The van der Waals surface area contributed by atoms with Crippen molar-refractivity contribution in [2.45, 2.75) is 64.2 Å². The summed E-state index contributed by atoms with van der Waals surface area (Å²) in [6, 6.07) is 0. The van der Waals surface area contributed by atoms with E-state index in [9.17, 15) is 0 Å². The minimum absolute atomic E-state index is 0.713. The summed E-state index contributed by atoms with van der Waals surface area (Å²) in [6.07, 6.45) is 14.4. The average molecular weight is 282 g/mol. The van der Waals surface area contributed by atoms with Crippen molar-refractivity contribution in [3.63, 3.8) is 0 Å². The van der Waals surface area contributed by atoms with Crippen molar-refractivity contribution in [1.29, 1.82) is 0 Å². The van der Waals surface area contributed by atoms with Crippen LogP contribution in [0.4, 0.5) is 0 Å². The van der Waals surface area contributed by atoms with E-state index in [-0.39, 0.29) is 0 Å². The predicted molar refractivity (Wildman–Crippen MR) is 88.5 cm³/mol. The van der Waals surface area contributed by atoms with Gasteiger partial charge in [0.15, 0.2) is 0 Å². The molecule has 0 aromatic carbocycles. The summed E-state index contributed by atoms with van der Waals surface area (Å²) < 4.78 is 5.48. The zero-order valence-corrected chi connectivity index (χ0v) is 13.2. The van der Waals surface area contributed by atoms with Gasteiger partial charge in [-0.25, -0.2) is 0 Å². The van der Waals surface area contributed by atoms with Gasteiger partial charge in [0.25, 0.3) is 0 Å². The second kappa shape index (κ2) is 16.1. The number of unbranched alkanes of at least 4 members (excludes halogenated alkanes) is 8. The van der Waals surface area contributed by atoms with Gasteiger partial charge in [0.2, 0.25) is 0 Å². The van der Waals surface area contributed by atoms with E-state index in [1.807, 2.05) is 0 Å². The summed E-state index contributed by atoms with van der Waals surface area (Å²) >= 11 is 0. The molecule has 20 heavy (non-hydrogen) atoms. The van der Waals surface area contributed by atoms with Crippen LogP contribution < -0.4 is 11.1 Å². The van der Waals surface area contributed by atoms with Crippen molar-refractivity contribution in [2.75, 3.05) is 19.8 Å². The van der Waals surface area contributed by atoms with Crippen LogP contribution in [-0.4, -0.2) is 19.8 Å². The van der Waals surface area contributed by atoms with Gasteiger partial charge in [0.1, 0.15) is 0 Å². The molecule has 0 saturated carbocycles. The van der Waals surface area contributed by atoms with Crippen LogP contribution >= 0.6 is 0 Å². The predicted octanol–water partition coefficient (Wildman–Crippen LogP) is 4.11. The molecule has 0 atom stereocenters. The number of nitrogens with one attached hydrogen (secondary N) is 1. The van der Waals surface area contributed by atoms with Gasteiger partial charge in [0, 0.05) is 25.3 Å². The van der Waals surface area contributed by atoms with E-state index in [1.54, 1.807) is 6.20 Å². The van der Waals surface area contributed by atoms with Crippen LogP contribution in [0.2, 0.25) is 0 Å². The van der Waals surface area contributed by atoms with E-state index in [0.717, 1.165) is 26.2 Å². The Bertz CT molecular complexity index is 229. The molecule has 0 saturated heterocycles. The molecule has 0 aromatic heterocycles. The highest BCUT2D eigenvalue weighted by molar-refractivity contribution is 4.84. The van der Waals surface area contributed by atoms with Crippen LogP contribution in [0.15, 0.2) is 25.1 Å². The minimum atomic E-state index is 0.713. The summed E-state index contributed by atoms with van der Waals surface area (Å²) in [4.78, 5) is 0. The largest absolute Gasteiger partial charge is 0.402 e. The highest BCUT2D eigenvalue weighted by Crippen LogP contribution is 2.09. The summed E-state index contributed by atoms with van der Waals surface area (Å²) in [7, 11) is 0. The Morgan fingerprint density at radius 3 is 2.00 bits per heavy atom. The van der Waals surface area contributed by atoms with Crippen molar-refractivity contribution in [3.05, 3.63) is 25.1 Å². The Morgan fingerprint density at radius 1 is 0.900 bits per heavy atom. The minimum Gasteiger partial charge on any atom is -0.402 e. The second-order valence-electron chi connectivity index (χ2n) is 5.36. The van der Waals surface area contributed by atoms with Crippen LogP contribution in [0.5, 0.6) is 0 Å². The van der Waals surface area contributed by atoms with E-state index in [1.165, 1.54) is 57.8 Å². The first-order valence-corrected chi connectivity index (χ1v) is 8.12. The quantitative estimate of drug-likeness (QED) is 0.419. The van der Waals surface area contributed by atoms with Gasteiger partial charge in [-0.15, -0.1) is 0 Å². The van der Waals surface area contributed by atoms with Crippen LogP contribution in [0.3, 0.4) is 0 Å². The smallest absolute Gasteiger partial charge is 0.0520 e. The van der Waals surface area contributed by atoms with Gasteiger partial charge >= 0.3 is 0 Å². The molecule has 3 heteroatoms. The normalized spacial score (nSPS) is 10.4. The molecule has 0 unspecified atom stereocenters. The highest BCUT2D eigenvalue weighted by Gasteiger charge is 1.94. The Morgan fingerprint density at radius 2 is 1.45 bits per heavy atom. The number of rotatable bonds is 16. The molecule has 3 N–H and O–H groups in total. The Labute approximate surface area is 125 Å². The lowest BCUT2D eigenvalue weighted by Gasteiger charge is -2.04. The molecule has 0 aliphatic rings. The molecule has 3 nitrogen and oxygen atoms in total. The summed E-state index contributed by atoms with van der Waals surface area (Å²) in [5.74, 6) is 0. The van der Waals surface area contributed by atoms with E-state index < -0.39 is 0 Å². The van der Waals surface area contributed by atoms with Crippen molar-refractivity contribution in [2.24, 2.45) is 5.73 Å².